The molecule has 41 heavy (non-hydrogen) atoms. The lowest BCUT2D eigenvalue weighted by molar-refractivity contribution is 0.262. The molecule has 3 aromatic carbocycles. The Labute approximate surface area is 236 Å². The zero-order valence-corrected chi connectivity index (χ0v) is 22.9. The van der Waals surface area contributed by atoms with E-state index in [0.717, 1.165) is 5.69 Å². The minimum atomic E-state index is -0.852. The fraction of sp³-hybridized carbons (Fsp3) is 0.167. The largest absolute Gasteiger partial charge is 0.493 e. The number of carbonyl (C=O) groups excluding carboxylic acids is 1. The second-order valence-corrected chi connectivity index (χ2v) is 9.50. The monoisotopic (exact) mass is 549 g/mol. The zero-order chi connectivity index (χ0) is 29.0. The standard InChI is InChI=1S/C30H27N7O4/c1-30(2,17-31)25-15-26(37(36-25)20-10-6-5-7-11-20)35-29(38)34-19-9-8-12-21(13-19)41-27-22-16-32-18-33-23(22)14-24(39-3)28(27)40-4/h5-16,18H,1-4H3,(H2,34,35,38). The number of benzene rings is 3. The number of methoxy groups -OCH3 is 2. The predicted molar refractivity (Wildman–Crippen MR) is 154 cm³/mol. The number of carbonyl (C=O) groups is 1. The Balaban J connectivity index is 1.41. The number of nitrogens with zero attached hydrogens (tertiary/aromatic N) is 5. The number of aromatic nitrogens is 4. The molecule has 0 saturated heterocycles. The van der Waals surface area contributed by atoms with Gasteiger partial charge in [0.15, 0.2) is 11.5 Å². The van der Waals surface area contributed by atoms with Gasteiger partial charge in [-0.1, -0.05) is 24.3 Å². The number of hydrogen-bond acceptors (Lipinski definition) is 8. The van der Waals surface area contributed by atoms with Gasteiger partial charge in [-0.2, -0.15) is 10.4 Å². The van der Waals surface area contributed by atoms with Crippen LogP contribution in [0, 0.1) is 11.3 Å². The molecular weight excluding hydrogens is 522 g/mol. The normalized spacial score (nSPS) is 11.0. The van der Waals surface area contributed by atoms with Crippen molar-refractivity contribution in [3.8, 4) is 34.8 Å². The molecule has 2 N–H and O–H groups in total. The summed E-state index contributed by atoms with van der Waals surface area (Å²) < 4.78 is 18.9. The van der Waals surface area contributed by atoms with Gasteiger partial charge in [-0.25, -0.2) is 19.4 Å². The van der Waals surface area contributed by atoms with Crippen molar-refractivity contribution in [1.29, 1.82) is 5.26 Å². The molecule has 0 saturated carbocycles. The van der Waals surface area contributed by atoms with Gasteiger partial charge in [0.1, 0.15) is 17.9 Å². The topological polar surface area (TPSA) is 136 Å². The first kappa shape index (κ1) is 27.0. The van der Waals surface area contributed by atoms with Crippen molar-refractivity contribution in [3.05, 3.63) is 84.9 Å². The molecule has 0 aliphatic rings. The molecule has 206 valence electrons. The Morgan fingerprint density at radius 3 is 2.51 bits per heavy atom. The Kier molecular flexibility index (Phi) is 7.39. The van der Waals surface area contributed by atoms with Crippen molar-refractivity contribution < 1.29 is 19.0 Å². The highest BCUT2D eigenvalue weighted by Gasteiger charge is 2.26. The summed E-state index contributed by atoms with van der Waals surface area (Å²) in [5, 5.41) is 20.5. The van der Waals surface area contributed by atoms with Crippen LogP contribution in [0.5, 0.6) is 23.0 Å². The number of rotatable bonds is 8. The smallest absolute Gasteiger partial charge is 0.324 e. The van der Waals surface area contributed by atoms with Gasteiger partial charge >= 0.3 is 6.03 Å². The molecule has 2 amide bonds. The van der Waals surface area contributed by atoms with Crippen LogP contribution in [0.4, 0.5) is 16.3 Å². The average Bonchev–Trinajstić information content (AvgIpc) is 3.42. The number of anilines is 2. The molecule has 0 aliphatic carbocycles. The summed E-state index contributed by atoms with van der Waals surface area (Å²) in [5.74, 6) is 2.06. The SMILES string of the molecule is COc1cc2ncncc2c(Oc2cccc(NC(=O)Nc3cc(C(C)(C)C#N)nn3-c3ccccc3)c2)c1OC. The van der Waals surface area contributed by atoms with Gasteiger partial charge < -0.3 is 19.5 Å². The molecule has 0 radical (unpaired) electrons. The maximum atomic E-state index is 13.1. The lowest BCUT2D eigenvalue weighted by Crippen LogP contribution is -2.21. The molecule has 2 aromatic heterocycles. The Morgan fingerprint density at radius 1 is 0.976 bits per heavy atom. The van der Waals surface area contributed by atoms with Crippen LogP contribution in [-0.2, 0) is 5.41 Å². The van der Waals surface area contributed by atoms with E-state index in [0.29, 0.717) is 51.1 Å². The molecule has 0 unspecified atom stereocenters. The number of nitriles is 1. The van der Waals surface area contributed by atoms with Crippen LogP contribution in [0.3, 0.4) is 0 Å². The highest BCUT2D eigenvalue weighted by molar-refractivity contribution is 5.99. The van der Waals surface area contributed by atoms with Gasteiger partial charge in [0.05, 0.1) is 48.0 Å². The number of urea groups is 1. The second-order valence-electron chi connectivity index (χ2n) is 9.50. The summed E-state index contributed by atoms with van der Waals surface area (Å²) in [6.45, 7) is 3.54. The summed E-state index contributed by atoms with van der Waals surface area (Å²) in [7, 11) is 3.05. The quantitative estimate of drug-likeness (QED) is 0.238. The third kappa shape index (κ3) is 5.58. The maximum Gasteiger partial charge on any atom is 0.324 e. The molecule has 0 atom stereocenters. The summed E-state index contributed by atoms with van der Waals surface area (Å²) in [5.41, 5.74) is 1.51. The van der Waals surface area contributed by atoms with E-state index in [9.17, 15) is 10.1 Å². The number of amides is 2. The Bertz CT molecular complexity index is 1760. The van der Waals surface area contributed by atoms with E-state index in [4.69, 9.17) is 14.2 Å². The third-order valence-corrected chi connectivity index (χ3v) is 6.29. The summed E-state index contributed by atoms with van der Waals surface area (Å²) in [6, 6.07) is 21.4. The van der Waals surface area contributed by atoms with Crippen LogP contribution >= 0.6 is 0 Å². The van der Waals surface area contributed by atoms with Crippen molar-refractivity contribution in [2.75, 3.05) is 24.9 Å². The van der Waals surface area contributed by atoms with Gasteiger partial charge in [-0.05, 0) is 38.1 Å². The van der Waals surface area contributed by atoms with Crippen molar-refractivity contribution in [3.63, 3.8) is 0 Å². The van der Waals surface area contributed by atoms with E-state index in [-0.39, 0.29) is 0 Å². The number of fused-ring (bicyclic) bond motifs is 1. The van der Waals surface area contributed by atoms with E-state index in [1.165, 1.54) is 20.5 Å². The molecule has 11 heteroatoms. The second kappa shape index (κ2) is 11.2. The highest BCUT2D eigenvalue weighted by atomic mass is 16.5. The van der Waals surface area contributed by atoms with Crippen LogP contribution in [0.2, 0.25) is 0 Å². The van der Waals surface area contributed by atoms with Gasteiger partial charge in [-0.3, -0.25) is 5.32 Å². The van der Waals surface area contributed by atoms with Gasteiger partial charge in [-0.15, -0.1) is 0 Å². The van der Waals surface area contributed by atoms with Crippen molar-refractivity contribution >= 4 is 28.4 Å². The summed E-state index contributed by atoms with van der Waals surface area (Å²) in [6.07, 6.45) is 3.07. The Morgan fingerprint density at radius 2 is 1.78 bits per heavy atom. The van der Waals surface area contributed by atoms with Gasteiger partial charge in [0, 0.05) is 30.1 Å². The maximum absolute atomic E-state index is 13.1. The zero-order valence-electron chi connectivity index (χ0n) is 22.9. The average molecular weight is 550 g/mol. The highest BCUT2D eigenvalue weighted by Crippen LogP contribution is 2.44. The van der Waals surface area contributed by atoms with Crippen molar-refractivity contribution in [2.24, 2.45) is 0 Å². The molecule has 0 spiro atoms. The van der Waals surface area contributed by atoms with Crippen molar-refractivity contribution in [2.45, 2.75) is 19.3 Å². The van der Waals surface area contributed by atoms with E-state index in [2.05, 4.69) is 31.8 Å². The molecule has 5 aromatic rings. The molecule has 5 rings (SSSR count). The van der Waals surface area contributed by atoms with E-state index in [1.807, 2.05) is 30.3 Å². The summed E-state index contributed by atoms with van der Waals surface area (Å²) in [4.78, 5) is 21.5. The number of nitrogens with one attached hydrogen (secondary N) is 2. The van der Waals surface area contributed by atoms with Gasteiger partial charge in [0.2, 0.25) is 5.75 Å². The first-order chi connectivity index (χ1) is 19.8. The molecule has 2 heterocycles. The number of ether oxygens (including phenoxy) is 3. The van der Waals surface area contributed by atoms with Crippen molar-refractivity contribution in [1.82, 2.24) is 19.7 Å². The van der Waals surface area contributed by atoms with Crippen LogP contribution < -0.4 is 24.8 Å². The van der Waals surface area contributed by atoms with Crippen LogP contribution in [0.1, 0.15) is 19.5 Å². The molecule has 11 nitrogen and oxygen atoms in total. The van der Waals surface area contributed by atoms with Gasteiger partial charge in [0.25, 0.3) is 0 Å². The van der Waals surface area contributed by atoms with E-state index >= 15 is 0 Å². The predicted octanol–water partition coefficient (Wildman–Crippen LogP) is 6.07. The van der Waals surface area contributed by atoms with Crippen LogP contribution in [-0.4, -0.2) is 40.0 Å². The number of hydrogen-bond donors (Lipinski definition) is 2. The molecule has 0 bridgehead atoms. The molecule has 0 fully saturated rings. The lowest BCUT2D eigenvalue weighted by atomic mass is 9.92. The minimum absolute atomic E-state index is 0.378. The molecular formula is C30H27N7O4. The Hall–Kier alpha value is -5.63. The van der Waals surface area contributed by atoms with E-state index < -0.39 is 11.4 Å². The third-order valence-electron chi connectivity index (χ3n) is 6.29. The fourth-order valence-corrected chi connectivity index (χ4v) is 4.13. The molecule has 0 aliphatic heterocycles. The summed E-state index contributed by atoms with van der Waals surface area (Å²) >= 11 is 0. The fourth-order valence-electron chi connectivity index (χ4n) is 4.13. The first-order valence-electron chi connectivity index (χ1n) is 12.6. The first-order valence-corrected chi connectivity index (χ1v) is 12.6. The van der Waals surface area contributed by atoms with E-state index in [1.54, 1.807) is 61.1 Å². The minimum Gasteiger partial charge on any atom is -0.493 e. The van der Waals surface area contributed by atoms with Crippen LogP contribution in [0.25, 0.3) is 16.6 Å². The lowest BCUT2D eigenvalue weighted by Gasteiger charge is -2.16. The number of para-hydroxylation sites is 1. The van der Waals surface area contributed by atoms with Crippen LogP contribution in [0.15, 0.2) is 79.3 Å².